The lowest BCUT2D eigenvalue weighted by atomic mass is 10.0. The van der Waals surface area contributed by atoms with Gasteiger partial charge in [0.05, 0.1) is 12.2 Å². The van der Waals surface area contributed by atoms with E-state index in [2.05, 4.69) is 4.72 Å². The highest BCUT2D eigenvalue weighted by Crippen LogP contribution is 2.18. The first-order valence-corrected chi connectivity index (χ1v) is 9.59. The van der Waals surface area contributed by atoms with E-state index in [0.717, 1.165) is 5.69 Å². The SMILES string of the molecule is CN(C)c1ccc(/C=C(\C#N)S(=O)(=O)NC[C@H]2OCC[C@@H](O)[C@@H]2O)cc1. The number of aliphatic hydroxyl groups is 2. The third-order valence-corrected chi connectivity index (χ3v) is 5.44. The van der Waals surface area contributed by atoms with Crippen molar-refractivity contribution in [3.63, 3.8) is 0 Å². The van der Waals surface area contributed by atoms with Gasteiger partial charge in [-0.15, -0.1) is 0 Å². The Morgan fingerprint density at radius 3 is 2.62 bits per heavy atom. The summed E-state index contributed by atoms with van der Waals surface area (Å²) in [4.78, 5) is 1.46. The van der Waals surface area contributed by atoms with Gasteiger partial charge in [-0.25, -0.2) is 13.1 Å². The summed E-state index contributed by atoms with van der Waals surface area (Å²) in [6, 6.07) is 8.74. The van der Waals surface area contributed by atoms with E-state index < -0.39 is 33.2 Å². The smallest absolute Gasteiger partial charge is 0.250 e. The molecule has 2 rings (SSSR count). The molecule has 0 aromatic heterocycles. The molecule has 3 N–H and O–H groups in total. The van der Waals surface area contributed by atoms with Crippen molar-refractivity contribution >= 4 is 21.8 Å². The normalized spacial score (nSPS) is 24.1. The van der Waals surface area contributed by atoms with Crippen molar-refractivity contribution in [2.45, 2.75) is 24.7 Å². The number of rotatable bonds is 6. The Balaban J connectivity index is 2.10. The summed E-state index contributed by atoms with van der Waals surface area (Å²) in [5, 5.41) is 28.7. The standard InChI is InChI=1S/C17H23N3O5S/c1-20(2)13-5-3-12(4-6-13)9-14(10-18)26(23,24)19-11-16-17(22)15(21)7-8-25-16/h3-6,9,15-17,19,21-22H,7-8,11H2,1-2H3/b14-9+/t15-,16-,17+/m1/s1. The van der Waals surface area contributed by atoms with Gasteiger partial charge in [-0.2, -0.15) is 5.26 Å². The molecule has 0 saturated carbocycles. The van der Waals surface area contributed by atoms with Crippen LogP contribution in [0.1, 0.15) is 12.0 Å². The Hall–Kier alpha value is -1.96. The number of benzene rings is 1. The summed E-state index contributed by atoms with van der Waals surface area (Å²) < 4.78 is 32.3. The average molecular weight is 381 g/mol. The zero-order chi connectivity index (χ0) is 19.3. The van der Waals surface area contributed by atoms with Crippen molar-refractivity contribution in [3.8, 4) is 6.07 Å². The zero-order valence-corrected chi connectivity index (χ0v) is 15.5. The van der Waals surface area contributed by atoms with Gasteiger partial charge in [0.2, 0.25) is 0 Å². The summed E-state index contributed by atoms with van der Waals surface area (Å²) in [5.74, 6) is 0. The number of aliphatic hydroxyl groups excluding tert-OH is 2. The minimum Gasteiger partial charge on any atom is -0.390 e. The molecule has 142 valence electrons. The van der Waals surface area contributed by atoms with Crippen molar-refractivity contribution in [3.05, 3.63) is 34.7 Å². The van der Waals surface area contributed by atoms with Crippen LogP contribution in [0.4, 0.5) is 5.69 Å². The van der Waals surface area contributed by atoms with Crippen molar-refractivity contribution in [2.24, 2.45) is 0 Å². The van der Waals surface area contributed by atoms with Gasteiger partial charge < -0.3 is 19.8 Å². The second-order valence-electron chi connectivity index (χ2n) is 6.21. The largest absolute Gasteiger partial charge is 0.390 e. The maximum Gasteiger partial charge on any atom is 0.250 e. The molecule has 8 nitrogen and oxygen atoms in total. The van der Waals surface area contributed by atoms with E-state index in [1.54, 1.807) is 18.2 Å². The first-order chi connectivity index (χ1) is 12.2. The highest BCUT2D eigenvalue weighted by atomic mass is 32.2. The van der Waals surface area contributed by atoms with Gasteiger partial charge >= 0.3 is 0 Å². The number of nitrogens with one attached hydrogen (secondary N) is 1. The highest BCUT2D eigenvalue weighted by molar-refractivity contribution is 7.93. The molecule has 9 heteroatoms. The molecular formula is C17H23N3O5S. The molecule has 1 aliphatic rings. The molecule has 1 aromatic rings. The topological polar surface area (TPSA) is 123 Å². The Labute approximate surface area is 153 Å². The molecule has 1 heterocycles. The number of anilines is 1. The molecule has 26 heavy (non-hydrogen) atoms. The van der Waals surface area contributed by atoms with Gasteiger partial charge in [-0.1, -0.05) is 12.1 Å². The van der Waals surface area contributed by atoms with Crippen molar-refractivity contribution in [1.29, 1.82) is 5.26 Å². The van der Waals surface area contributed by atoms with Gasteiger partial charge in [0.1, 0.15) is 12.2 Å². The summed E-state index contributed by atoms with van der Waals surface area (Å²) in [6.07, 6.45) is -1.45. The van der Waals surface area contributed by atoms with E-state index in [9.17, 15) is 23.9 Å². The fourth-order valence-corrected chi connectivity index (χ4v) is 3.45. The fraction of sp³-hybridized carbons (Fsp3) is 0.471. The first-order valence-electron chi connectivity index (χ1n) is 8.11. The molecule has 0 bridgehead atoms. The van der Waals surface area contributed by atoms with Crippen LogP contribution in [0, 0.1) is 11.3 Å². The van der Waals surface area contributed by atoms with Gasteiger partial charge in [-0.05, 0) is 30.2 Å². The average Bonchev–Trinajstić information content (AvgIpc) is 2.61. The van der Waals surface area contributed by atoms with E-state index in [1.165, 1.54) is 6.08 Å². The lowest BCUT2D eigenvalue weighted by molar-refractivity contribution is -0.131. The predicted molar refractivity (Wildman–Crippen MR) is 97.7 cm³/mol. The Kier molecular flexibility index (Phi) is 6.75. The number of hydrogen-bond acceptors (Lipinski definition) is 7. The highest BCUT2D eigenvalue weighted by Gasteiger charge is 2.32. The van der Waals surface area contributed by atoms with Crippen molar-refractivity contribution < 1.29 is 23.4 Å². The maximum absolute atomic E-state index is 12.4. The number of nitrogens with zero attached hydrogens (tertiary/aromatic N) is 2. The molecule has 1 aliphatic heterocycles. The lowest BCUT2D eigenvalue weighted by Crippen LogP contribution is -2.49. The van der Waals surface area contributed by atoms with Crippen LogP contribution in [-0.2, 0) is 14.8 Å². The molecule has 3 atom stereocenters. The van der Waals surface area contributed by atoms with E-state index in [1.807, 2.05) is 31.1 Å². The molecule has 0 amide bonds. The first kappa shape index (κ1) is 20.4. The fourth-order valence-electron chi connectivity index (χ4n) is 2.50. The zero-order valence-electron chi connectivity index (χ0n) is 14.7. The van der Waals surface area contributed by atoms with Crippen molar-refractivity contribution in [2.75, 3.05) is 32.1 Å². The molecule has 0 aliphatic carbocycles. The Bertz CT molecular complexity index is 784. The van der Waals surface area contributed by atoms with E-state index in [-0.39, 0.29) is 19.6 Å². The quantitative estimate of drug-likeness (QED) is 0.595. The number of nitriles is 1. The molecule has 1 saturated heterocycles. The van der Waals surface area contributed by atoms with Gasteiger partial charge in [0.15, 0.2) is 4.91 Å². The number of hydrogen-bond donors (Lipinski definition) is 3. The minimum absolute atomic E-state index is 0.226. The molecule has 1 fully saturated rings. The summed E-state index contributed by atoms with van der Waals surface area (Å²) >= 11 is 0. The molecule has 1 aromatic carbocycles. The molecule has 0 unspecified atom stereocenters. The third kappa shape index (κ3) is 5.03. The second kappa shape index (κ2) is 8.62. The minimum atomic E-state index is -4.07. The van der Waals surface area contributed by atoms with Crippen LogP contribution >= 0.6 is 0 Å². The van der Waals surface area contributed by atoms with E-state index >= 15 is 0 Å². The summed E-state index contributed by atoms with van der Waals surface area (Å²) in [7, 11) is -0.295. The predicted octanol–water partition coefficient (Wildman–Crippen LogP) is 0.0472. The Morgan fingerprint density at radius 2 is 2.04 bits per heavy atom. The Morgan fingerprint density at radius 1 is 1.38 bits per heavy atom. The van der Waals surface area contributed by atoms with Gasteiger partial charge in [0, 0.05) is 32.9 Å². The molecule has 0 radical (unpaired) electrons. The summed E-state index contributed by atoms with van der Waals surface area (Å²) in [5.41, 5.74) is 1.52. The molecular weight excluding hydrogens is 358 g/mol. The monoisotopic (exact) mass is 381 g/mol. The van der Waals surface area contributed by atoms with Crippen LogP contribution in [0.2, 0.25) is 0 Å². The third-order valence-electron chi connectivity index (χ3n) is 4.10. The molecule has 0 spiro atoms. The van der Waals surface area contributed by atoms with Gasteiger partial charge in [-0.3, -0.25) is 0 Å². The van der Waals surface area contributed by atoms with Crippen LogP contribution in [0.3, 0.4) is 0 Å². The van der Waals surface area contributed by atoms with Crippen LogP contribution in [-0.4, -0.2) is 64.2 Å². The van der Waals surface area contributed by atoms with E-state index in [4.69, 9.17) is 4.74 Å². The second-order valence-corrected chi connectivity index (χ2v) is 7.95. The van der Waals surface area contributed by atoms with Crippen LogP contribution in [0.15, 0.2) is 29.2 Å². The van der Waals surface area contributed by atoms with E-state index in [0.29, 0.717) is 5.56 Å². The van der Waals surface area contributed by atoms with Gasteiger partial charge in [0.25, 0.3) is 10.0 Å². The lowest BCUT2D eigenvalue weighted by Gasteiger charge is -2.31. The van der Waals surface area contributed by atoms with Crippen LogP contribution in [0.5, 0.6) is 0 Å². The van der Waals surface area contributed by atoms with Crippen LogP contribution in [0.25, 0.3) is 6.08 Å². The van der Waals surface area contributed by atoms with Crippen molar-refractivity contribution in [1.82, 2.24) is 4.72 Å². The number of ether oxygens (including phenoxy) is 1. The number of allylic oxidation sites excluding steroid dienone is 1. The number of sulfonamides is 1. The maximum atomic E-state index is 12.4. The van der Waals surface area contributed by atoms with Crippen LogP contribution < -0.4 is 9.62 Å². The summed E-state index contributed by atoms with van der Waals surface area (Å²) in [6.45, 7) is -0.0110.